The van der Waals surface area contributed by atoms with Crippen LogP contribution >= 0.6 is 0 Å². The van der Waals surface area contributed by atoms with Crippen molar-refractivity contribution in [2.45, 2.75) is 245 Å². The first-order valence-electron chi connectivity index (χ1n) is 27.4. The van der Waals surface area contributed by atoms with E-state index in [0.717, 1.165) is 96.3 Å². The van der Waals surface area contributed by atoms with Crippen LogP contribution < -0.4 is 0 Å². The van der Waals surface area contributed by atoms with Gasteiger partial charge in [-0.05, 0) is 83.5 Å². The minimum Gasteiger partial charge on any atom is -0.462 e. The van der Waals surface area contributed by atoms with Gasteiger partial charge in [-0.1, -0.05) is 252 Å². The van der Waals surface area contributed by atoms with Gasteiger partial charge in [0.1, 0.15) is 6.61 Å². The van der Waals surface area contributed by atoms with Crippen molar-refractivity contribution >= 4 is 11.9 Å². The van der Waals surface area contributed by atoms with Crippen LogP contribution in [0.3, 0.4) is 0 Å². The molecular formula is C61H102O5. The molecule has 0 radical (unpaired) electrons. The van der Waals surface area contributed by atoms with Gasteiger partial charge in [0.15, 0.2) is 6.10 Å². The van der Waals surface area contributed by atoms with Crippen LogP contribution in [0.1, 0.15) is 239 Å². The highest BCUT2D eigenvalue weighted by atomic mass is 16.6. The van der Waals surface area contributed by atoms with Gasteiger partial charge in [-0.3, -0.25) is 9.59 Å². The van der Waals surface area contributed by atoms with E-state index in [9.17, 15) is 9.59 Å². The van der Waals surface area contributed by atoms with Gasteiger partial charge in [0, 0.05) is 13.0 Å². The maximum absolute atomic E-state index is 12.8. The van der Waals surface area contributed by atoms with Crippen molar-refractivity contribution in [1.82, 2.24) is 0 Å². The molecular weight excluding hydrogens is 813 g/mol. The lowest BCUT2D eigenvalue weighted by atomic mass is 10.0. The molecule has 1 unspecified atom stereocenters. The van der Waals surface area contributed by atoms with Gasteiger partial charge in [-0.25, -0.2) is 0 Å². The molecule has 0 rings (SSSR count). The molecule has 66 heavy (non-hydrogen) atoms. The van der Waals surface area contributed by atoms with Crippen molar-refractivity contribution in [3.63, 3.8) is 0 Å². The van der Waals surface area contributed by atoms with E-state index in [1.165, 1.54) is 109 Å². The molecule has 0 aliphatic rings. The fourth-order valence-corrected chi connectivity index (χ4v) is 7.34. The van der Waals surface area contributed by atoms with Crippen molar-refractivity contribution in [3.05, 3.63) is 109 Å². The van der Waals surface area contributed by atoms with Crippen LogP contribution in [0.25, 0.3) is 0 Å². The molecule has 0 aromatic heterocycles. The third-order valence-electron chi connectivity index (χ3n) is 11.3. The second-order valence-electron chi connectivity index (χ2n) is 17.7. The first kappa shape index (κ1) is 62.6. The van der Waals surface area contributed by atoms with E-state index in [4.69, 9.17) is 14.2 Å². The number of carbonyl (C=O) groups is 2. The van der Waals surface area contributed by atoms with E-state index >= 15 is 0 Å². The molecule has 0 aliphatic heterocycles. The molecule has 0 aromatic carbocycles. The standard InChI is InChI=1S/C61H102O5/c1-4-7-10-13-16-19-22-25-28-30-31-32-34-36-39-42-45-48-51-54-60(62)65-58-59(57-64-56-53-50-47-44-41-38-35-29-26-23-20-17-14-11-8-5-2)66-61(63)55-52-49-46-43-40-37-33-27-24-21-18-15-12-9-6-3/h8-9,11-12,17-18,20-21,26-27,29,33,38,40-41,43,49,52,59H,4-7,10,13-16,19,22-25,28,30-32,34-37,39,42,44-48,50-51,53-58H2,1-3H3/b11-8-,12-9-,20-17-,21-18-,29-26-,33-27-,41-38-,43-40-,52-49-. The third kappa shape index (κ3) is 53.2. The summed E-state index contributed by atoms with van der Waals surface area (Å²) in [5.74, 6) is -0.561. The number of hydrogen-bond donors (Lipinski definition) is 0. The normalized spacial score (nSPS) is 13.1. The molecule has 376 valence electrons. The van der Waals surface area contributed by atoms with E-state index in [1.54, 1.807) is 0 Å². The Kier molecular flexibility index (Phi) is 53.0. The van der Waals surface area contributed by atoms with Crippen LogP contribution in [0.2, 0.25) is 0 Å². The summed E-state index contributed by atoms with van der Waals surface area (Å²) in [7, 11) is 0. The average molecular weight is 915 g/mol. The monoisotopic (exact) mass is 915 g/mol. The van der Waals surface area contributed by atoms with Gasteiger partial charge in [0.25, 0.3) is 0 Å². The number of hydrogen-bond acceptors (Lipinski definition) is 5. The Morgan fingerprint density at radius 2 is 0.727 bits per heavy atom. The van der Waals surface area contributed by atoms with Crippen LogP contribution in [-0.2, 0) is 23.8 Å². The summed E-state index contributed by atoms with van der Waals surface area (Å²) in [5.41, 5.74) is 0. The van der Waals surface area contributed by atoms with Crippen LogP contribution in [-0.4, -0.2) is 37.9 Å². The predicted molar refractivity (Wildman–Crippen MR) is 288 cm³/mol. The largest absolute Gasteiger partial charge is 0.462 e. The van der Waals surface area contributed by atoms with Gasteiger partial charge >= 0.3 is 11.9 Å². The van der Waals surface area contributed by atoms with Gasteiger partial charge in [0.2, 0.25) is 0 Å². The lowest BCUT2D eigenvalue weighted by Gasteiger charge is -2.18. The van der Waals surface area contributed by atoms with Crippen molar-refractivity contribution in [2.24, 2.45) is 0 Å². The summed E-state index contributed by atoms with van der Waals surface area (Å²) in [6.07, 6.45) is 77.1. The summed E-state index contributed by atoms with van der Waals surface area (Å²) in [4.78, 5) is 25.4. The molecule has 0 aliphatic carbocycles. The SMILES string of the molecule is CC/C=C\C/C=C\C/C=C\C/C=C\C/C=C\CC(=O)OC(COCCCCC/C=C\C/C=C\C/C=C\C/C=C\CC)COC(=O)CCCCCCCCCCCCCCCCCCCCC. The molecule has 0 bridgehead atoms. The van der Waals surface area contributed by atoms with E-state index in [2.05, 4.69) is 118 Å². The third-order valence-corrected chi connectivity index (χ3v) is 11.3. The Bertz CT molecular complexity index is 1310. The predicted octanol–water partition coefficient (Wildman–Crippen LogP) is 18.8. The fourth-order valence-electron chi connectivity index (χ4n) is 7.34. The van der Waals surface area contributed by atoms with E-state index in [0.29, 0.717) is 13.0 Å². The van der Waals surface area contributed by atoms with Gasteiger partial charge in [-0.2, -0.15) is 0 Å². The lowest BCUT2D eigenvalue weighted by Crippen LogP contribution is -2.29. The van der Waals surface area contributed by atoms with Crippen LogP contribution in [0, 0.1) is 0 Å². The maximum atomic E-state index is 12.8. The molecule has 0 N–H and O–H groups in total. The molecule has 0 aromatic rings. The molecule has 0 heterocycles. The molecule has 1 atom stereocenters. The number of carbonyl (C=O) groups excluding carboxylic acids is 2. The van der Waals surface area contributed by atoms with E-state index in [1.807, 2.05) is 12.2 Å². The summed E-state index contributed by atoms with van der Waals surface area (Å²) < 4.78 is 17.3. The summed E-state index contributed by atoms with van der Waals surface area (Å²) >= 11 is 0. The summed E-state index contributed by atoms with van der Waals surface area (Å²) in [5, 5.41) is 0. The molecule has 0 saturated carbocycles. The zero-order chi connectivity index (χ0) is 47.7. The molecule has 5 nitrogen and oxygen atoms in total. The smallest absolute Gasteiger partial charge is 0.310 e. The Morgan fingerprint density at radius 3 is 1.15 bits per heavy atom. The van der Waals surface area contributed by atoms with Crippen molar-refractivity contribution in [1.29, 1.82) is 0 Å². The minimum atomic E-state index is -0.612. The number of unbranched alkanes of at least 4 members (excludes halogenated alkanes) is 21. The number of rotatable bonds is 49. The quantitative estimate of drug-likeness (QED) is 0.0346. The minimum absolute atomic E-state index is 0.0290. The number of esters is 2. The van der Waals surface area contributed by atoms with Crippen LogP contribution in [0.15, 0.2) is 109 Å². The fraction of sp³-hybridized carbons (Fsp3) is 0.672. The van der Waals surface area contributed by atoms with Crippen LogP contribution in [0.5, 0.6) is 0 Å². The zero-order valence-corrected chi connectivity index (χ0v) is 43.2. The lowest BCUT2D eigenvalue weighted by molar-refractivity contribution is -0.162. The second kappa shape index (κ2) is 55.9. The van der Waals surface area contributed by atoms with Crippen molar-refractivity contribution in [2.75, 3.05) is 19.8 Å². The Morgan fingerprint density at radius 1 is 0.364 bits per heavy atom. The molecule has 0 spiro atoms. The molecule has 0 saturated heterocycles. The van der Waals surface area contributed by atoms with Gasteiger partial charge in [0.05, 0.1) is 13.0 Å². The van der Waals surface area contributed by atoms with Gasteiger partial charge < -0.3 is 14.2 Å². The van der Waals surface area contributed by atoms with Gasteiger partial charge in [-0.15, -0.1) is 0 Å². The number of ether oxygens (including phenoxy) is 3. The Labute approximate surface area is 408 Å². The highest BCUT2D eigenvalue weighted by Gasteiger charge is 2.17. The summed E-state index contributed by atoms with van der Waals surface area (Å²) in [6.45, 7) is 7.43. The Hall–Kier alpha value is -3.44. The topological polar surface area (TPSA) is 61.8 Å². The highest BCUT2D eigenvalue weighted by molar-refractivity contribution is 5.71. The first-order valence-corrected chi connectivity index (χ1v) is 27.4. The molecule has 5 heteroatoms. The highest BCUT2D eigenvalue weighted by Crippen LogP contribution is 2.15. The second-order valence-corrected chi connectivity index (χ2v) is 17.7. The number of allylic oxidation sites excluding steroid dienone is 17. The first-order chi connectivity index (χ1) is 32.6. The average Bonchev–Trinajstić information content (AvgIpc) is 3.32. The summed E-state index contributed by atoms with van der Waals surface area (Å²) in [6, 6.07) is 0. The maximum Gasteiger partial charge on any atom is 0.310 e. The van der Waals surface area contributed by atoms with E-state index in [-0.39, 0.29) is 31.6 Å². The van der Waals surface area contributed by atoms with E-state index < -0.39 is 6.10 Å². The zero-order valence-electron chi connectivity index (χ0n) is 43.2. The molecule has 0 amide bonds. The van der Waals surface area contributed by atoms with Crippen LogP contribution in [0.4, 0.5) is 0 Å². The van der Waals surface area contributed by atoms with Crippen molar-refractivity contribution in [3.8, 4) is 0 Å². The molecule has 0 fully saturated rings. The van der Waals surface area contributed by atoms with Crippen molar-refractivity contribution < 1.29 is 23.8 Å². The Balaban J connectivity index is 4.40.